The van der Waals surface area contributed by atoms with E-state index >= 15 is 0 Å². The molecule has 0 aromatic heterocycles. The van der Waals surface area contributed by atoms with Crippen LogP contribution in [-0.4, -0.2) is 48.3 Å². The molecule has 1 atom stereocenters. The first-order valence-corrected chi connectivity index (χ1v) is 6.32. The number of nitrogens with one attached hydrogen (secondary N) is 1. The van der Waals surface area contributed by atoms with Gasteiger partial charge in [-0.15, -0.1) is 0 Å². The second-order valence-corrected chi connectivity index (χ2v) is 4.81. The van der Waals surface area contributed by atoms with Crippen molar-refractivity contribution in [2.45, 2.75) is 51.6 Å². The van der Waals surface area contributed by atoms with Gasteiger partial charge in [-0.3, -0.25) is 4.90 Å². The van der Waals surface area contributed by atoms with Crippen molar-refractivity contribution in [3.63, 3.8) is 0 Å². The van der Waals surface area contributed by atoms with Gasteiger partial charge >= 0.3 is 0 Å². The molecule has 0 amide bonds. The van der Waals surface area contributed by atoms with Crippen LogP contribution in [-0.2, 0) is 0 Å². The number of aliphatic hydroxyl groups is 1. The minimum absolute atomic E-state index is 0.342. The van der Waals surface area contributed by atoms with Crippen molar-refractivity contribution in [1.82, 2.24) is 10.2 Å². The van der Waals surface area contributed by atoms with Crippen LogP contribution in [0.5, 0.6) is 0 Å². The van der Waals surface area contributed by atoms with Gasteiger partial charge in [-0.2, -0.15) is 0 Å². The molecule has 1 aliphatic rings. The number of aliphatic hydroxyl groups excluding tert-OH is 1. The summed E-state index contributed by atoms with van der Waals surface area (Å²) >= 11 is 0. The van der Waals surface area contributed by atoms with Gasteiger partial charge in [0.05, 0.1) is 0 Å². The summed E-state index contributed by atoms with van der Waals surface area (Å²) in [5, 5.41) is 12.3. The first-order valence-electron chi connectivity index (χ1n) is 6.32. The van der Waals surface area contributed by atoms with E-state index in [0.717, 1.165) is 32.0 Å². The van der Waals surface area contributed by atoms with E-state index in [2.05, 4.69) is 24.1 Å². The fourth-order valence-electron chi connectivity index (χ4n) is 2.34. The Kier molecular flexibility index (Phi) is 6.22. The predicted molar refractivity (Wildman–Crippen MR) is 64.1 cm³/mol. The van der Waals surface area contributed by atoms with Crippen LogP contribution >= 0.6 is 0 Å². The van der Waals surface area contributed by atoms with Gasteiger partial charge in [-0.1, -0.05) is 13.8 Å². The van der Waals surface area contributed by atoms with Gasteiger partial charge in [0.15, 0.2) is 0 Å². The zero-order valence-electron chi connectivity index (χ0n) is 10.2. The highest BCUT2D eigenvalue weighted by atomic mass is 16.2. The summed E-state index contributed by atoms with van der Waals surface area (Å²) in [4.78, 5) is 2.57. The van der Waals surface area contributed by atoms with E-state index in [1.165, 1.54) is 19.4 Å². The minimum Gasteiger partial charge on any atom is -0.396 e. The zero-order chi connectivity index (χ0) is 11.1. The van der Waals surface area contributed by atoms with Crippen molar-refractivity contribution in [2.24, 2.45) is 0 Å². The van der Waals surface area contributed by atoms with Crippen LogP contribution in [0.2, 0.25) is 0 Å². The molecule has 0 saturated carbocycles. The molecule has 0 radical (unpaired) electrons. The lowest BCUT2D eigenvalue weighted by Gasteiger charge is -2.24. The van der Waals surface area contributed by atoms with Gasteiger partial charge in [0.1, 0.15) is 0 Å². The topological polar surface area (TPSA) is 35.5 Å². The van der Waals surface area contributed by atoms with E-state index < -0.39 is 0 Å². The van der Waals surface area contributed by atoms with Crippen molar-refractivity contribution >= 4 is 0 Å². The Bertz CT molecular complexity index is 162. The summed E-state index contributed by atoms with van der Waals surface area (Å²) in [6, 6.07) is 1.31. The van der Waals surface area contributed by atoms with E-state index in [0.29, 0.717) is 12.6 Å². The van der Waals surface area contributed by atoms with E-state index in [-0.39, 0.29) is 0 Å². The lowest BCUT2D eigenvalue weighted by atomic mass is 10.1. The normalized spacial score (nSPS) is 22.8. The van der Waals surface area contributed by atoms with Crippen molar-refractivity contribution in [3.05, 3.63) is 0 Å². The van der Waals surface area contributed by atoms with Gasteiger partial charge in [0.2, 0.25) is 0 Å². The second-order valence-electron chi connectivity index (χ2n) is 4.81. The smallest absolute Gasteiger partial charge is 0.0431 e. The maximum atomic E-state index is 8.83. The number of hydrogen-bond acceptors (Lipinski definition) is 3. The van der Waals surface area contributed by atoms with Crippen LogP contribution in [0.25, 0.3) is 0 Å². The van der Waals surface area contributed by atoms with Gasteiger partial charge in [-0.05, 0) is 32.2 Å². The number of hydrogen-bond donors (Lipinski definition) is 2. The average molecular weight is 214 g/mol. The SMILES string of the molecule is CC(C)NCCN1CCCC1CCCO. The summed E-state index contributed by atoms with van der Waals surface area (Å²) < 4.78 is 0. The van der Waals surface area contributed by atoms with Crippen LogP contribution in [0, 0.1) is 0 Å². The number of likely N-dealkylation sites (tertiary alicyclic amines) is 1. The molecule has 3 nitrogen and oxygen atoms in total. The van der Waals surface area contributed by atoms with Crippen molar-refractivity contribution in [3.8, 4) is 0 Å². The van der Waals surface area contributed by atoms with Crippen molar-refractivity contribution in [1.29, 1.82) is 0 Å². The highest BCUT2D eigenvalue weighted by Gasteiger charge is 2.22. The Morgan fingerprint density at radius 1 is 1.47 bits per heavy atom. The third-order valence-corrected chi connectivity index (χ3v) is 3.15. The quantitative estimate of drug-likeness (QED) is 0.669. The summed E-state index contributed by atoms with van der Waals surface area (Å²) in [6.07, 6.45) is 4.77. The summed E-state index contributed by atoms with van der Waals surface area (Å²) in [5.41, 5.74) is 0. The standard InChI is InChI=1S/C12H26N2O/c1-11(2)13-7-9-14-8-3-5-12(14)6-4-10-15/h11-13,15H,3-10H2,1-2H3. The third-order valence-electron chi connectivity index (χ3n) is 3.15. The second kappa shape index (κ2) is 7.20. The average Bonchev–Trinajstić information content (AvgIpc) is 2.62. The van der Waals surface area contributed by atoms with Crippen LogP contribution in [0.1, 0.15) is 39.5 Å². The van der Waals surface area contributed by atoms with E-state index in [4.69, 9.17) is 5.11 Å². The molecule has 1 saturated heterocycles. The molecule has 0 aliphatic carbocycles. The molecule has 0 bridgehead atoms. The lowest BCUT2D eigenvalue weighted by Crippen LogP contribution is -2.37. The Labute approximate surface area is 93.9 Å². The highest BCUT2D eigenvalue weighted by molar-refractivity contribution is 4.79. The van der Waals surface area contributed by atoms with Gasteiger partial charge < -0.3 is 10.4 Å². The fourth-order valence-corrected chi connectivity index (χ4v) is 2.34. The Hall–Kier alpha value is -0.120. The Morgan fingerprint density at radius 2 is 2.27 bits per heavy atom. The molecular weight excluding hydrogens is 188 g/mol. The summed E-state index contributed by atoms with van der Waals surface area (Å²) in [7, 11) is 0. The molecule has 1 aliphatic heterocycles. The summed E-state index contributed by atoms with van der Waals surface area (Å²) in [6.45, 7) is 8.21. The molecule has 90 valence electrons. The fraction of sp³-hybridized carbons (Fsp3) is 1.00. The first-order chi connectivity index (χ1) is 7.24. The lowest BCUT2D eigenvalue weighted by molar-refractivity contribution is 0.215. The molecule has 1 rings (SSSR count). The van der Waals surface area contributed by atoms with Crippen LogP contribution in [0.4, 0.5) is 0 Å². The van der Waals surface area contributed by atoms with E-state index in [1.54, 1.807) is 0 Å². The van der Waals surface area contributed by atoms with Crippen molar-refractivity contribution in [2.75, 3.05) is 26.2 Å². The largest absolute Gasteiger partial charge is 0.396 e. The number of nitrogens with zero attached hydrogens (tertiary/aromatic N) is 1. The molecule has 1 unspecified atom stereocenters. The third kappa shape index (κ3) is 4.96. The first kappa shape index (κ1) is 12.9. The van der Waals surface area contributed by atoms with Crippen LogP contribution in [0.15, 0.2) is 0 Å². The molecule has 0 aromatic rings. The molecule has 0 aromatic carbocycles. The molecular formula is C12H26N2O. The molecule has 3 heteroatoms. The van der Waals surface area contributed by atoms with Gasteiger partial charge in [-0.25, -0.2) is 0 Å². The highest BCUT2D eigenvalue weighted by Crippen LogP contribution is 2.20. The van der Waals surface area contributed by atoms with Crippen LogP contribution < -0.4 is 5.32 Å². The van der Waals surface area contributed by atoms with E-state index in [1.807, 2.05) is 0 Å². The van der Waals surface area contributed by atoms with Crippen LogP contribution in [0.3, 0.4) is 0 Å². The zero-order valence-corrected chi connectivity index (χ0v) is 10.2. The van der Waals surface area contributed by atoms with E-state index in [9.17, 15) is 0 Å². The molecule has 15 heavy (non-hydrogen) atoms. The van der Waals surface area contributed by atoms with Gasteiger partial charge in [0.25, 0.3) is 0 Å². The Morgan fingerprint density at radius 3 is 2.93 bits per heavy atom. The monoisotopic (exact) mass is 214 g/mol. The minimum atomic E-state index is 0.342. The maximum absolute atomic E-state index is 8.83. The Balaban J connectivity index is 2.15. The molecule has 1 heterocycles. The summed E-state index contributed by atoms with van der Waals surface area (Å²) in [5.74, 6) is 0. The van der Waals surface area contributed by atoms with Crippen molar-refractivity contribution < 1.29 is 5.11 Å². The molecule has 2 N–H and O–H groups in total. The molecule has 1 fully saturated rings. The van der Waals surface area contributed by atoms with Gasteiger partial charge in [0, 0.05) is 31.8 Å². The number of rotatable bonds is 7. The predicted octanol–water partition coefficient (Wildman–Crippen LogP) is 1.22. The maximum Gasteiger partial charge on any atom is 0.0431 e. The molecule has 0 spiro atoms.